The van der Waals surface area contributed by atoms with Crippen molar-refractivity contribution < 1.29 is 4.79 Å². The number of benzene rings is 1. The van der Waals surface area contributed by atoms with E-state index in [2.05, 4.69) is 5.10 Å². The Kier molecular flexibility index (Phi) is 5.30. The summed E-state index contributed by atoms with van der Waals surface area (Å²) in [5.74, 6) is 1.14. The fraction of sp³-hybridized carbons (Fsp3) is 0.308. The van der Waals surface area contributed by atoms with Crippen molar-refractivity contribution in [3.63, 3.8) is 0 Å². The Morgan fingerprint density at radius 2 is 2.16 bits per heavy atom. The van der Waals surface area contributed by atoms with Gasteiger partial charge in [-0.3, -0.25) is 0 Å². The molecule has 0 aliphatic rings. The fourth-order valence-corrected chi connectivity index (χ4v) is 3.90. The van der Waals surface area contributed by atoms with Crippen LogP contribution in [-0.2, 0) is 4.79 Å². The van der Waals surface area contributed by atoms with E-state index in [1.54, 1.807) is 23.4 Å². The minimum atomic E-state index is 0.239. The van der Waals surface area contributed by atoms with Gasteiger partial charge in [0, 0.05) is 12.2 Å². The van der Waals surface area contributed by atoms with E-state index in [4.69, 9.17) is 12.2 Å². The highest BCUT2D eigenvalue weighted by Crippen LogP contribution is 2.24. The number of nitrogens with zero attached hydrogens (tertiary/aromatic N) is 2. The molecule has 100 valence electrons. The highest BCUT2D eigenvalue weighted by atomic mass is 32.2. The largest absolute Gasteiger partial charge is 0.300 e. The van der Waals surface area contributed by atoms with Crippen LogP contribution < -0.4 is 0 Å². The lowest BCUT2D eigenvalue weighted by Gasteiger charge is -1.99. The Labute approximate surface area is 125 Å². The van der Waals surface area contributed by atoms with Crippen molar-refractivity contribution in [3.8, 4) is 5.69 Å². The van der Waals surface area contributed by atoms with Gasteiger partial charge >= 0.3 is 0 Å². The number of aromatic nitrogens is 2. The first kappa shape index (κ1) is 14.4. The lowest BCUT2D eigenvalue weighted by molar-refractivity contribution is -0.117. The van der Waals surface area contributed by atoms with E-state index in [1.165, 1.54) is 11.3 Å². The van der Waals surface area contributed by atoms with Crippen LogP contribution in [0.5, 0.6) is 0 Å². The van der Waals surface area contributed by atoms with Gasteiger partial charge in [0.2, 0.25) is 0 Å². The first-order valence-electron chi connectivity index (χ1n) is 5.94. The van der Waals surface area contributed by atoms with Gasteiger partial charge in [-0.2, -0.15) is 0 Å². The molecule has 1 aromatic heterocycles. The molecule has 1 aromatic carbocycles. The van der Waals surface area contributed by atoms with Gasteiger partial charge in [0.25, 0.3) is 0 Å². The molecular weight excluding hydrogens is 296 g/mol. The lowest BCUT2D eigenvalue weighted by atomic mass is 10.3. The zero-order valence-corrected chi connectivity index (χ0v) is 13.0. The summed E-state index contributed by atoms with van der Waals surface area (Å²) in [6.45, 7) is 1.62. The minimum absolute atomic E-state index is 0.239. The zero-order valence-electron chi connectivity index (χ0n) is 10.5. The second-order valence-electron chi connectivity index (χ2n) is 4.04. The van der Waals surface area contributed by atoms with Crippen molar-refractivity contribution in [2.45, 2.75) is 24.1 Å². The van der Waals surface area contributed by atoms with Gasteiger partial charge in [0.15, 0.2) is 8.29 Å². The van der Waals surface area contributed by atoms with Crippen LogP contribution in [-0.4, -0.2) is 21.3 Å². The number of Topliss-reactive ketones (excluding diaryl/α,β-unsaturated/α-hetero) is 1. The molecule has 2 rings (SSSR count). The van der Waals surface area contributed by atoms with Gasteiger partial charge in [0.05, 0.1) is 5.69 Å². The van der Waals surface area contributed by atoms with E-state index in [0.717, 1.165) is 26.2 Å². The van der Waals surface area contributed by atoms with Crippen LogP contribution in [0.25, 0.3) is 5.69 Å². The Balaban J connectivity index is 2.01. The molecule has 19 heavy (non-hydrogen) atoms. The zero-order chi connectivity index (χ0) is 13.7. The number of hydrogen-bond acceptors (Lipinski definition) is 5. The van der Waals surface area contributed by atoms with Gasteiger partial charge in [-0.05, 0) is 37.7 Å². The van der Waals surface area contributed by atoms with E-state index in [-0.39, 0.29) is 5.78 Å². The van der Waals surface area contributed by atoms with Crippen molar-refractivity contribution >= 4 is 41.1 Å². The van der Waals surface area contributed by atoms with Crippen molar-refractivity contribution in [1.82, 2.24) is 9.78 Å². The smallest absolute Gasteiger partial charge is 0.184 e. The number of hydrogen-bond donors (Lipinski definition) is 0. The van der Waals surface area contributed by atoms with Crippen LogP contribution in [0.1, 0.15) is 19.8 Å². The first-order valence-corrected chi connectivity index (χ1v) is 8.15. The van der Waals surface area contributed by atoms with Crippen molar-refractivity contribution in [2.24, 2.45) is 0 Å². The Hall–Kier alpha value is -0.980. The average molecular weight is 310 g/mol. The first-order chi connectivity index (χ1) is 9.16. The number of ketones is 1. The molecule has 0 radical (unpaired) electrons. The van der Waals surface area contributed by atoms with E-state index < -0.39 is 0 Å². The normalized spacial score (nSPS) is 10.6. The molecule has 1 heterocycles. The Morgan fingerprint density at radius 3 is 2.84 bits per heavy atom. The molecule has 0 saturated carbocycles. The quantitative estimate of drug-likeness (QED) is 0.456. The van der Waals surface area contributed by atoms with E-state index >= 15 is 0 Å². The summed E-state index contributed by atoms with van der Waals surface area (Å²) in [5, 5.41) is 4.51. The molecule has 0 bridgehead atoms. The second-order valence-corrected chi connectivity index (χ2v) is 7.00. The average Bonchev–Trinajstić information content (AvgIpc) is 2.77. The molecule has 0 aliphatic carbocycles. The number of thioether (sulfide) groups is 1. The topological polar surface area (TPSA) is 34.9 Å². The van der Waals surface area contributed by atoms with Gasteiger partial charge < -0.3 is 4.79 Å². The minimum Gasteiger partial charge on any atom is -0.300 e. The standard InChI is InChI=1S/C13H14N2OS3/c1-10(16)6-5-9-18-12-14-15(13(17)19-12)11-7-3-2-4-8-11/h2-4,7-8H,5-6,9H2,1H3. The molecule has 0 amide bonds. The highest BCUT2D eigenvalue weighted by molar-refractivity contribution is 8.01. The van der Waals surface area contributed by atoms with Crippen molar-refractivity contribution in [2.75, 3.05) is 5.75 Å². The monoisotopic (exact) mass is 310 g/mol. The van der Waals surface area contributed by atoms with Gasteiger partial charge in [-0.15, -0.1) is 5.10 Å². The number of rotatable bonds is 6. The molecule has 6 heteroatoms. The Morgan fingerprint density at radius 1 is 1.42 bits per heavy atom. The van der Waals surface area contributed by atoms with Crippen LogP contribution in [0.2, 0.25) is 0 Å². The maximum Gasteiger partial charge on any atom is 0.184 e. The third-order valence-corrected chi connectivity index (χ3v) is 4.88. The van der Waals surface area contributed by atoms with Crippen LogP contribution in [0.3, 0.4) is 0 Å². The second kappa shape index (κ2) is 6.98. The highest BCUT2D eigenvalue weighted by Gasteiger charge is 2.06. The summed E-state index contributed by atoms with van der Waals surface area (Å²) in [6, 6.07) is 9.88. The molecule has 0 unspecified atom stereocenters. The van der Waals surface area contributed by atoms with Crippen LogP contribution in [0.15, 0.2) is 34.7 Å². The van der Waals surface area contributed by atoms with E-state index in [9.17, 15) is 4.79 Å². The van der Waals surface area contributed by atoms with E-state index in [1.807, 2.05) is 30.3 Å². The molecular formula is C13H14N2OS3. The molecule has 3 nitrogen and oxygen atoms in total. The third kappa shape index (κ3) is 4.26. The van der Waals surface area contributed by atoms with Gasteiger partial charge in [0.1, 0.15) is 5.78 Å². The molecule has 0 N–H and O–H groups in total. The summed E-state index contributed by atoms with van der Waals surface area (Å²) in [5.41, 5.74) is 0.985. The summed E-state index contributed by atoms with van der Waals surface area (Å²) >= 11 is 8.50. The molecule has 0 spiro atoms. The predicted octanol–water partition coefficient (Wildman–Crippen LogP) is 4.12. The SMILES string of the molecule is CC(=O)CCCSc1nn(-c2ccccc2)c(=S)s1. The maximum absolute atomic E-state index is 10.9. The van der Waals surface area contributed by atoms with Crippen molar-refractivity contribution in [1.29, 1.82) is 0 Å². The fourth-order valence-electron chi connectivity index (χ4n) is 1.53. The van der Waals surface area contributed by atoms with Crippen LogP contribution in [0, 0.1) is 3.95 Å². The molecule has 0 fully saturated rings. The third-order valence-electron chi connectivity index (χ3n) is 2.43. The molecule has 0 atom stereocenters. The number of para-hydroxylation sites is 1. The summed E-state index contributed by atoms with van der Waals surface area (Å²) in [6.07, 6.45) is 1.52. The predicted molar refractivity (Wildman–Crippen MR) is 82.9 cm³/mol. The maximum atomic E-state index is 10.9. The van der Waals surface area contributed by atoms with Crippen LogP contribution in [0.4, 0.5) is 0 Å². The molecule has 0 saturated heterocycles. The summed E-state index contributed by atoms with van der Waals surface area (Å²) in [4.78, 5) is 10.9. The van der Waals surface area contributed by atoms with E-state index in [0.29, 0.717) is 6.42 Å². The van der Waals surface area contributed by atoms with Crippen molar-refractivity contribution in [3.05, 3.63) is 34.3 Å². The molecule has 0 aliphatic heterocycles. The Bertz CT molecular complexity index is 604. The lowest BCUT2D eigenvalue weighted by Crippen LogP contribution is -1.95. The summed E-state index contributed by atoms with van der Waals surface area (Å²) < 4.78 is 3.49. The van der Waals surface area contributed by atoms with Gasteiger partial charge in [-0.1, -0.05) is 41.3 Å². The molecule has 2 aromatic rings. The van der Waals surface area contributed by atoms with Gasteiger partial charge in [-0.25, -0.2) is 4.68 Å². The number of carbonyl (C=O) groups is 1. The number of carbonyl (C=O) groups excluding carboxylic acids is 1. The summed E-state index contributed by atoms with van der Waals surface area (Å²) in [7, 11) is 0. The van der Waals surface area contributed by atoms with Crippen LogP contribution >= 0.6 is 35.3 Å².